The molecule has 0 saturated heterocycles. The molecule has 14 heavy (non-hydrogen) atoms. The molecular formula is C13H17N. The third-order valence-corrected chi connectivity index (χ3v) is 1.49. The lowest BCUT2D eigenvalue weighted by atomic mass is 10.1. The van der Waals surface area contributed by atoms with Crippen molar-refractivity contribution in [3.05, 3.63) is 61.4 Å². The standard InChI is InChI=1S/C13H17N/c1-5-9-12(10-6-2)13(11-7-3)14-8-4/h5-11H,1,4H2,2-3H3/b10-6-,11-7-,12-9-,14-13?. The van der Waals surface area contributed by atoms with Crippen molar-refractivity contribution in [2.45, 2.75) is 13.8 Å². The first-order chi connectivity index (χ1) is 6.79. The predicted octanol–water partition coefficient (Wildman–Crippen LogP) is 3.84. The molecule has 0 amide bonds. The molecule has 0 aliphatic carbocycles. The van der Waals surface area contributed by atoms with E-state index >= 15 is 0 Å². The van der Waals surface area contributed by atoms with Crippen LogP contribution in [0.3, 0.4) is 0 Å². The van der Waals surface area contributed by atoms with Gasteiger partial charge in [-0.15, -0.1) is 0 Å². The van der Waals surface area contributed by atoms with Gasteiger partial charge in [-0.05, 0) is 25.5 Å². The number of hydrogen-bond acceptors (Lipinski definition) is 1. The van der Waals surface area contributed by atoms with E-state index in [1.807, 2.05) is 44.2 Å². The maximum atomic E-state index is 4.18. The van der Waals surface area contributed by atoms with Crippen LogP contribution in [-0.2, 0) is 0 Å². The number of allylic oxidation sites excluding steroid dienone is 7. The molecule has 0 heterocycles. The van der Waals surface area contributed by atoms with E-state index in [1.54, 1.807) is 6.08 Å². The van der Waals surface area contributed by atoms with Crippen LogP contribution in [0.1, 0.15) is 13.8 Å². The summed E-state index contributed by atoms with van der Waals surface area (Å²) in [6.07, 6.45) is 13.1. The number of aliphatic imine (C=N–C) groups is 1. The maximum Gasteiger partial charge on any atom is 0.0698 e. The fourth-order valence-corrected chi connectivity index (χ4v) is 1.00. The second-order valence-corrected chi connectivity index (χ2v) is 2.55. The summed E-state index contributed by atoms with van der Waals surface area (Å²) in [6.45, 7) is 11.2. The molecule has 0 radical (unpaired) electrons. The fourth-order valence-electron chi connectivity index (χ4n) is 1.00. The lowest BCUT2D eigenvalue weighted by molar-refractivity contribution is 1.54. The molecule has 74 valence electrons. The first-order valence-corrected chi connectivity index (χ1v) is 4.57. The van der Waals surface area contributed by atoms with Gasteiger partial charge in [0.25, 0.3) is 0 Å². The molecule has 0 saturated carbocycles. The molecule has 0 aromatic carbocycles. The van der Waals surface area contributed by atoms with Gasteiger partial charge < -0.3 is 0 Å². The summed E-state index contributed by atoms with van der Waals surface area (Å²) < 4.78 is 0. The molecule has 0 aromatic rings. The molecule has 0 aliphatic heterocycles. The van der Waals surface area contributed by atoms with E-state index in [9.17, 15) is 0 Å². The van der Waals surface area contributed by atoms with Crippen molar-refractivity contribution in [3.8, 4) is 0 Å². The van der Waals surface area contributed by atoms with Crippen LogP contribution in [0.5, 0.6) is 0 Å². The molecule has 0 rings (SSSR count). The SMILES string of the molecule is C=C/C=C(/C=C\C)C(/C=C\C)=NC=C. The predicted molar refractivity (Wildman–Crippen MR) is 65.5 cm³/mol. The Hall–Kier alpha value is -1.63. The highest BCUT2D eigenvalue weighted by Gasteiger charge is 1.96. The number of rotatable bonds is 5. The minimum atomic E-state index is 0.889. The molecule has 0 unspecified atom stereocenters. The van der Waals surface area contributed by atoms with Gasteiger partial charge in [0.2, 0.25) is 0 Å². The summed E-state index contributed by atoms with van der Waals surface area (Å²) in [6, 6.07) is 0. The second-order valence-electron chi connectivity index (χ2n) is 2.55. The first-order valence-electron chi connectivity index (χ1n) is 4.57. The zero-order valence-corrected chi connectivity index (χ0v) is 8.90. The van der Waals surface area contributed by atoms with E-state index in [0.29, 0.717) is 0 Å². The van der Waals surface area contributed by atoms with Crippen molar-refractivity contribution in [3.63, 3.8) is 0 Å². The molecule has 0 atom stereocenters. The summed E-state index contributed by atoms with van der Waals surface area (Å²) in [5.74, 6) is 0. The van der Waals surface area contributed by atoms with E-state index in [4.69, 9.17) is 0 Å². The van der Waals surface area contributed by atoms with E-state index in [2.05, 4.69) is 18.2 Å². The van der Waals surface area contributed by atoms with Crippen LogP contribution in [0.25, 0.3) is 0 Å². The molecule has 0 fully saturated rings. The van der Waals surface area contributed by atoms with E-state index in [1.165, 1.54) is 6.20 Å². The van der Waals surface area contributed by atoms with Crippen LogP contribution in [0.15, 0.2) is 66.4 Å². The lowest BCUT2D eigenvalue weighted by Crippen LogP contribution is -1.95. The van der Waals surface area contributed by atoms with Crippen LogP contribution in [0, 0.1) is 0 Å². The highest BCUT2D eigenvalue weighted by molar-refractivity contribution is 6.10. The van der Waals surface area contributed by atoms with Crippen molar-refractivity contribution in [1.82, 2.24) is 0 Å². The fraction of sp³-hybridized carbons (Fsp3) is 0.154. The summed E-state index contributed by atoms with van der Waals surface area (Å²) in [7, 11) is 0. The van der Waals surface area contributed by atoms with Gasteiger partial charge in [0.15, 0.2) is 0 Å². The monoisotopic (exact) mass is 187 g/mol. The van der Waals surface area contributed by atoms with Crippen molar-refractivity contribution >= 4 is 5.71 Å². The molecule has 0 bridgehead atoms. The van der Waals surface area contributed by atoms with Crippen molar-refractivity contribution in [2.75, 3.05) is 0 Å². The van der Waals surface area contributed by atoms with Crippen LogP contribution in [-0.4, -0.2) is 5.71 Å². The normalized spacial score (nSPS) is 13.9. The van der Waals surface area contributed by atoms with Crippen molar-refractivity contribution in [2.24, 2.45) is 4.99 Å². The third kappa shape index (κ3) is 4.41. The topological polar surface area (TPSA) is 12.4 Å². The van der Waals surface area contributed by atoms with Gasteiger partial charge >= 0.3 is 0 Å². The molecule has 1 nitrogen and oxygen atoms in total. The van der Waals surface area contributed by atoms with E-state index < -0.39 is 0 Å². The van der Waals surface area contributed by atoms with Gasteiger partial charge in [-0.1, -0.05) is 43.5 Å². The van der Waals surface area contributed by atoms with Crippen molar-refractivity contribution < 1.29 is 0 Å². The Bertz CT molecular complexity index is 269. The smallest absolute Gasteiger partial charge is 0.0698 e. The zero-order chi connectivity index (χ0) is 10.8. The Balaban J connectivity index is 5.12. The molecule has 1 heteroatoms. The maximum absolute atomic E-state index is 4.18. The van der Waals surface area contributed by atoms with Gasteiger partial charge in [-0.25, -0.2) is 0 Å². The largest absolute Gasteiger partial charge is 0.257 e. The summed E-state index contributed by atoms with van der Waals surface area (Å²) in [5.41, 5.74) is 1.92. The third-order valence-electron chi connectivity index (χ3n) is 1.49. The van der Waals surface area contributed by atoms with Crippen LogP contribution < -0.4 is 0 Å². The Kier molecular flexibility index (Phi) is 7.06. The highest BCUT2D eigenvalue weighted by Crippen LogP contribution is 2.04. The Labute approximate surface area is 86.6 Å². The number of hydrogen-bond donors (Lipinski definition) is 0. The Morgan fingerprint density at radius 3 is 2.14 bits per heavy atom. The molecule has 0 N–H and O–H groups in total. The summed E-state index contributed by atoms with van der Waals surface area (Å²) in [4.78, 5) is 4.18. The number of nitrogens with zero attached hydrogens (tertiary/aromatic N) is 1. The van der Waals surface area contributed by atoms with Gasteiger partial charge in [0.05, 0.1) is 5.71 Å². The van der Waals surface area contributed by atoms with Crippen LogP contribution in [0.4, 0.5) is 0 Å². The molecule has 0 aliphatic rings. The van der Waals surface area contributed by atoms with E-state index in [0.717, 1.165) is 11.3 Å². The van der Waals surface area contributed by atoms with Gasteiger partial charge in [-0.2, -0.15) is 0 Å². The first kappa shape index (κ1) is 12.4. The van der Waals surface area contributed by atoms with Gasteiger partial charge in [0.1, 0.15) is 0 Å². The Morgan fingerprint density at radius 1 is 1.07 bits per heavy atom. The average molecular weight is 187 g/mol. The van der Waals surface area contributed by atoms with Crippen molar-refractivity contribution in [1.29, 1.82) is 0 Å². The minimum Gasteiger partial charge on any atom is -0.257 e. The van der Waals surface area contributed by atoms with E-state index in [-0.39, 0.29) is 0 Å². The van der Waals surface area contributed by atoms with Gasteiger partial charge in [0, 0.05) is 6.20 Å². The minimum absolute atomic E-state index is 0.889. The highest BCUT2D eigenvalue weighted by atomic mass is 14.7. The lowest BCUT2D eigenvalue weighted by Gasteiger charge is -1.99. The quantitative estimate of drug-likeness (QED) is 0.458. The summed E-state index contributed by atoms with van der Waals surface area (Å²) >= 11 is 0. The van der Waals surface area contributed by atoms with Gasteiger partial charge in [-0.3, -0.25) is 4.99 Å². The van der Waals surface area contributed by atoms with Crippen LogP contribution in [0.2, 0.25) is 0 Å². The molecule has 0 aromatic heterocycles. The molecular weight excluding hydrogens is 170 g/mol. The zero-order valence-electron chi connectivity index (χ0n) is 8.90. The van der Waals surface area contributed by atoms with Crippen LogP contribution >= 0.6 is 0 Å². The second kappa shape index (κ2) is 7.99. The summed E-state index contributed by atoms with van der Waals surface area (Å²) in [5, 5.41) is 0. The Morgan fingerprint density at radius 2 is 1.71 bits per heavy atom. The molecule has 0 spiro atoms. The average Bonchev–Trinajstić information content (AvgIpc) is 2.17.